The number of fused-ring (bicyclic) bond motifs is 1. The van der Waals surface area contributed by atoms with Crippen LogP contribution in [0.25, 0.3) is 10.2 Å². The minimum absolute atomic E-state index is 0.0519. The molecule has 0 atom stereocenters. The number of anilines is 1. The van der Waals surface area contributed by atoms with Gasteiger partial charge in [0.2, 0.25) is 11.0 Å². The van der Waals surface area contributed by atoms with Gasteiger partial charge in [-0.15, -0.1) is 0 Å². The van der Waals surface area contributed by atoms with Gasteiger partial charge in [0.15, 0.2) is 5.17 Å². The van der Waals surface area contributed by atoms with Crippen molar-refractivity contribution in [1.82, 2.24) is 4.98 Å². The number of thiazole rings is 1. The molecular weight excluding hydrogens is 441 g/mol. The van der Waals surface area contributed by atoms with Gasteiger partial charge in [0.1, 0.15) is 0 Å². The monoisotopic (exact) mass is 451 g/mol. The Morgan fingerprint density at radius 1 is 1.13 bits per heavy atom. The van der Waals surface area contributed by atoms with Gasteiger partial charge in [-0.3, -0.25) is 9.69 Å². The minimum Gasteiger partial charge on any atom is -0.273 e. The topological polar surface area (TPSA) is 45.6 Å². The van der Waals surface area contributed by atoms with Crippen molar-refractivity contribution in [2.45, 2.75) is 0 Å². The van der Waals surface area contributed by atoms with E-state index in [1.165, 1.54) is 23.1 Å². The Bertz CT molecular complexity index is 887. The second-order valence-electron chi connectivity index (χ2n) is 4.85. The molecule has 7 heteroatoms. The first-order valence-corrected chi connectivity index (χ1v) is 9.74. The van der Waals surface area contributed by atoms with Crippen LogP contribution in [-0.2, 0) is 4.79 Å². The number of nitrogens with zero attached hydrogens (tertiary/aromatic N) is 3. The third-order valence-electron chi connectivity index (χ3n) is 3.32. The van der Waals surface area contributed by atoms with Gasteiger partial charge >= 0.3 is 0 Å². The molecule has 0 unspecified atom stereocenters. The number of amides is 1. The number of aromatic nitrogens is 1. The Kier molecular flexibility index (Phi) is 4.08. The number of halogens is 1. The van der Waals surface area contributed by atoms with Crippen LogP contribution < -0.4 is 4.90 Å². The molecule has 1 aliphatic rings. The Labute approximate surface area is 154 Å². The number of aliphatic imine (C=N–C) groups is 1. The van der Waals surface area contributed by atoms with Crippen LogP contribution in [0, 0.1) is 3.57 Å². The zero-order valence-corrected chi connectivity index (χ0v) is 15.6. The molecule has 1 aromatic heterocycles. The summed E-state index contributed by atoms with van der Waals surface area (Å²) in [7, 11) is 0. The Hall–Kier alpha value is -1.45. The lowest BCUT2D eigenvalue weighted by atomic mass is 10.3. The van der Waals surface area contributed by atoms with E-state index in [9.17, 15) is 4.79 Å². The van der Waals surface area contributed by atoms with Gasteiger partial charge in [0.05, 0.1) is 21.7 Å². The summed E-state index contributed by atoms with van der Waals surface area (Å²) < 4.78 is 2.23. The molecule has 0 saturated carbocycles. The van der Waals surface area contributed by atoms with E-state index in [1.54, 1.807) is 4.90 Å². The molecule has 2 heterocycles. The second-order valence-corrected chi connectivity index (χ2v) is 8.05. The molecule has 0 aliphatic carbocycles. The van der Waals surface area contributed by atoms with Gasteiger partial charge in [-0.1, -0.05) is 35.2 Å². The quantitative estimate of drug-likeness (QED) is 0.533. The number of para-hydroxylation sites is 1. The highest BCUT2D eigenvalue weighted by Crippen LogP contribution is 2.32. The zero-order valence-electron chi connectivity index (χ0n) is 11.8. The average Bonchev–Trinajstić information content (AvgIpc) is 3.12. The van der Waals surface area contributed by atoms with Crippen LogP contribution in [0.4, 0.5) is 10.8 Å². The van der Waals surface area contributed by atoms with E-state index < -0.39 is 0 Å². The average molecular weight is 451 g/mol. The molecular formula is C16H10IN3OS2. The minimum atomic E-state index is 0.0519. The predicted octanol–water partition coefficient (Wildman–Crippen LogP) is 4.67. The Morgan fingerprint density at radius 3 is 2.70 bits per heavy atom. The van der Waals surface area contributed by atoms with Crippen LogP contribution in [0.15, 0.2) is 53.5 Å². The first-order valence-electron chi connectivity index (χ1n) is 6.86. The van der Waals surface area contributed by atoms with Crippen molar-refractivity contribution in [2.24, 2.45) is 4.99 Å². The maximum absolute atomic E-state index is 12.2. The highest BCUT2D eigenvalue weighted by Gasteiger charge is 2.30. The van der Waals surface area contributed by atoms with Crippen molar-refractivity contribution in [3.05, 3.63) is 52.1 Å². The van der Waals surface area contributed by atoms with Gasteiger partial charge in [-0.25, -0.2) is 4.98 Å². The smallest absolute Gasteiger partial charge is 0.243 e. The van der Waals surface area contributed by atoms with Crippen LogP contribution in [0.5, 0.6) is 0 Å². The molecule has 0 N–H and O–H groups in total. The maximum atomic E-state index is 12.2. The standard InChI is InChI=1S/C16H10IN3OS2/c17-10-5-7-11(8-6-10)20-14(21)9-22-16(20)19-15-18-12-3-1-2-4-13(12)23-15/h1-8H,9H2/b19-16-. The summed E-state index contributed by atoms with van der Waals surface area (Å²) in [4.78, 5) is 23.0. The van der Waals surface area contributed by atoms with Crippen LogP contribution in [-0.4, -0.2) is 21.8 Å². The Morgan fingerprint density at radius 2 is 1.91 bits per heavy atom. The number of benzene rings is 2. The van der Waals surface area contributed by atoms with Crippen molar-refractivity contribution in [1.29, 1.82) is 0 Å². The molecule has 1 saturated heterocycles. The third kappa shape index (κ3) is 3.00. The summed E-state index contributed by atoms with van der Waals surface area (Å²) in [5, 5.41) is 1.37. The SMILES string of the molecule is O=C1CS/C(=N\c2nc3ccccc3s2)N1c1ccc(I)cc1. The van der Waals surface area contributed by atoms with Crippen LogP contribution in [0.2, 0.25) is 0 Å². The molecule has 4 rings (SSSR count). The van der Waals surface area contributed by atoms with Gasteiger partial charge in [0, 0.05) is 3.57 Å². The van der Waals surface area contributed by atoms with Crippen LogP contribution >= 0.6 is 45.7 Å². The predicted molar refractivity (Wildman–Crippen MR) is 106 cm³/mol. The molecule has 23 heavy (non-hydrogen) atoms. The second kappa shape index (κ2) is 6.21. The third-order valence-corrected chi connectivity index (χ3v) is 5.90. The number of carbonyl (C=O) groups excluding carboxylic acids is 1. The van der Waals surface area contributed by atoms with Crippen molar-refractivity contribution in [3.8, 4) is 0 Å². The fourth-order valence-corrected chi connectivity index (χ4v) is 4.40. The van der Waals surface area contributed by atoms with Gasteiger partial charge in [-0.2, -0.15) is 4.99 Å². The number of hydrogen-bond donors (Lipinski definition) is 0. The largest absolute Gasteiger partial charge is 0.273 e. The van der Waals surface area contributed by atoms with E-state index in [0.29, 0.717) is 16.1 Å². The summed E-state index contributed by atoms with van der Waals surface area (Å²) in [5.74, 6) is 0.464. The van der Waals surface area contributed by atoms with E-state index in [1.807, 2.05) is 48.5 Å². The summed E-state index contributed by atoms with van der Waals surface area (Å²) >= 11 is 5.24. The first-order chi connectivity index (χ1) is 11.2. The van der Waals surface area contributed by atoms with Crippen molar-refractivity contribution < 1.29 is 4.79 Å². The van der Waals surface area contributed by atoms with E-state index in [-0.39, 0.29) is 5.91 Å². The molecule has 0 radical (unpaired) electrons. The summed E-state index contributed by atoms with van der Waals surface area (Å²) in [6, 6.07) is 15.8. The van der Waals surface area contributed by atoms with Crippen molar-refractivity contribution >= 4 is 77.8 Å². The number of amidine groups is 1. The normalized spacial score (nSPS) is 16.7. The molecule has 0 bridgehead atoms. The van der Waals surface area contributed by atoms with Gasteiger partial charge < -0.3 is 0 Å². The highest BCUT2D eigenvalue weighted by molar-refractivity contribution is 14.1. The summed E-state index contributed by atoms with van der Waals surface area (Å²) in [6.07, 6.45) is 0. The summed E-state index contributed by atoms with van der Waals surface area (Å²) in [6.45, 7) is 0. The molecule has 3 aromatic rings. The lowest BCUT2D eigenvalue weighted by Gasteiger charge is -2.15. The van der Waals surface area contributed by atoms with Gasteiger partial charge in [-0.05, 0) is 59.0 Å². The number of hydrogen-bond acceptors (Lipinski definition) is 5. The highest BCUT2D eigenvalue weighted by atomic mass is 127. The van der Waals surface area contributed by atoms with E-state index in [4.69, 9.17) is 0 Å². The van der Waals surface area contributed by atoms with Crippen molar-refractivity contribution in [3.63, 3.8) is 0 Å². The number of rotatable bonds is 2. The number of thioether (sulfide) groups is 1. The lowest BCUT2D eigenvalue weighted by Crippen LogP contribution is -2.29. The molecule has 1 amide bonds. The molecule has 114 valence electrons. The molecule has 2 aromatic carbocycles. The molecule has 4 nitrogen and oxygen atoms in total. The van der Waals surface area contributed by atoms with E-state index in [0.717, 1.165) is 19.5 Å². The van der Waals surface area contributed by atoms with E-state index in [2.05, 4.69) is 32.6 Å². The fourth-order valence-electron chi connectivity index (χ4n) is 2.28. The molecule has 1 fully saturated rings. The molecule has 1 aliphatic heterocycles. The first kappa shape index (κ1) is 15.1. The number of carbonyl (C=O) groups is 1. The van der Waals surface area contributed by atoms with Crippen LogP contribution in [0.3, 0.4) is 0 Å². The van der Waals surface area contributed by atoms with E-state index >= 15 is 0 Å². The zero-order chi connectivity index (χ0) is 15.8. The maximum Gasteiger partial charge on any atom is 0.243 e. The summed E-state index contributed by atoms with van der Waals surface area (Å²) in [5.41, 5.74) is 1.78. The lowest BCUT2D eigenvalue weighted by molar-refractivity contribution is -0.115. The van der Waals surface area contributed by atoms with Crippen LogP contribution in [0.1, 0.15) is 0 Å². The fraction of sp³-hybridized carbons (Fsp3) is 0.0625. The van der Waals surface area contributed by atoms with Crippen molar-refractivity contribution in [2.75, 3.05) is 10.7 Å². The molecule has 0 spiro atoms. The van der Waals surface area contributed by atoms with Gasteiger partial charge in [0.25, 0.3) is 0 Å². The Balaban J connectivity index is 1.73.